The van der Waals surface area contributed by atoms with Gasteiger partial charge in [-0.05, 0) is 30.5 Å². The molecule has 0 aliphatic carbocycles. The van der Waals surface area contributed by atoms with Crippen molar-refractivity contribution in [1.82, 2.24) is 14.5 Å². The lowest BCUT2D eigenvalue weighted by atomic mass is 10.00. The van der Waals surface area contributed by atoms with Crippen LogP contribution in [0.2, 0.25) is 0 Å². The molecule has 3 nitrogen and oxygen atoms in total. The molecule has 0 unspecified atom stereocenters. The zero-order valence-corrected chi connectivity index (χ0v) is 22.7. The number of nitrogens with zero attached hydrogens (tertiary/aromatic N) is 3. The molecule has 184 valence electrons. The van der Waals surface area contributed by atoms with Crippen LogP contribution in [0.1, 0.15) is 11.5 Å². The highest BCUT2D eigenvalue weighted by Gasteiger charge is 2.22. The molecular weight excluding hydrogens is 515 g/mol. The Morgan fingerprint density at radius 3 is 2.00 bits per heavy atom. The molecule has 9 aromatic rings. The fraction of sp³-hybridized carbons (Fsp3) is 0.0588. The molecule has 0 bridgehead atoms. The van der Waals surface area contributed by atoms with Crippen molar-refractivity contribution < 1.29 is 0 Å². The second kappa shape index (κ2) is 7.85. The molecule has 0 atom stereocenters. The minimum Gasteiger partial charge on any atom is -0.334 e. The lowest BCUT2D eigenvalue weighted by Crippen LogP contribution is -2.04. The van der Waals surface area contributed by atoms with Crippen molar-refractivity contribution >= 4 is 95.7 Å². The zero-order chi connectivity index (χ0) is 25.7. The van der Waals surface area contributed by atoms with Gasteiger partial charge in [0.15, 0.2) is 0 Å². The monoisotopic (exact) mass is 535 g/mol. The van der Waals surface area contributed by atoms with Crippen molar-refractivity contribution in [1.29, 1.82) is 0 Å². The molecule has 0 saturated carbocycles. The van der Waals surface area contributed by atoms with Gasteiger partial charge in [-0.1, -0.05) is 78.9 Å². The second-order valence-electron chi connectivity index (χ2n) is 10.2. The summed E-state index contributed by atoms with van der Waals surface area (Å²) in [6.45, 7) is 2.69. The molecule has 0 fully saturated rings. The van der Waals surface area contributed by atoms with Gasteiger partial charge in [-0.15, -0.1) is 22.7 Å². The number of para-hydroxylation sites is 1. The summed E-state index contributed by atoms with van der Waals surface area (Å²) in [7, 11) is 0. The summed E-state index contributed by atoms with van der Waals surface area (Å²) >= 11 is 3.67. The number of fused-ring (bicyclic) bond motifs is 13. The van der Waals surface area contributed by atoms with Crippen molar-refractivity contribution in [2.24, 2.45) is 0 Å². The third-order valence-electron chi connectivity index (χ3n) is 7.98. The molecule has 5 heteroatoms. The Bertz CT molecular complexity index is 2440. The molecule has 0 spiro atoms. The van der Waals surface area contributed by atoms with Gasteiger partial charge >= 0.3 is 0 Å². The first-order valence-electron chi connectivity index (χ1n) is 13.1. The van der Waals surface area contributed by atoms with Crippen LogP contribution in [0.4, 0.5) is 0 Å². The first-order chi connectivity index (χ1) is 19.3. The van der Waals surface area contributed by atoms with E-state index in [0.717, 1.165) is 16.3 Å². The molecule has 5 aromatic carbocycles. The third kappa shape index (κ3) is 2.92. The maximum Gasteiger partial charge on any atom is 0.128 e. The molecule has 0 radical (unpaired) electrons. The van der Waals surface area contributed by atoms with Gasteiger partial charge in [-0.2, -0.15) is 0 Å². The van der Waals surface area contributed by atoms with Crippen molar-refractivity contribution in [3.63, 3.8) is 0 Å². The summed E-state index contributed by atoms with van der Waals surface area (Å²) in [5, 5.41) is 10.4. The Morgan fingerprint density at radius 2 is 1.21 bits per heavy atom. The van der Waals surface area contributed by atoms with E-state index >= 15 is 0 Å². The first-order valence-corrected chi connectivity index (χ1v) is 14.8. The van der Waals surface area contributed by atoms with Gasteiger partial charge in [0, 0.05) is 57.3 Å². The summed E-state index contributed by atoms with van der Waals surface area (Å²) < 4.78 is 6.46. The lowest BCUT2D eigenvalue weighted by molar-refractivity contribution is 0.834. The summed E-state index contributed by atoms with van der Waals surface area (Å²) in [4.78, 5) is 11.0. The Morgan fingerprint density at radius 1 is 0.590 bits per heavy atom. The maximum absolute atomic E-state index is 5.07. The number of thiophene rings is 2. The Labute approximate surface area is 231 Å². The van der Waals surface area contributed by atoms with Gasteiger partial charge in [0.25, 0.3) is 0 Å². The molecule has 0 aliphatic rings. The van der Waals surface area contributed by atoms with E-state index in [9.17, 15) is 0 Å². The van der Waals surface area contributed by atoms with Gasteiger partial charge in [0.1, 0.15) is 10.7 Å². The van der Waals surface area contributed by atoms with Crippen LogP contribution in [0.3, 0.4) is 0 Å². The second-order valence-corrected chi connectivity index (χ2v) is 12.3. The van der Waals surface area contributed by atoms with E-state index in [4.69, 9.17) is 9.97 Å². The maximum atomic E-state index is 5.07. The molecule has 0 aliphatic heterocycles. The average molecular weight is 536 g/mol. The normalized spacial score (nSPS) is 12.3. The van der Waals surface area contributed by atoms with E-state index in [1.807, 2.05) is 18.3 Å². The first kappa shape index (κ1) is 21.6. The molecule has 0 amide bonds. The minimum absolute atomic E-state index is 0.686. The predicted octanol–water partition coefficient (Wildman–Crippen LogP) is 9.83. The van der Waals surface area contributed by atoms with Gasteiger partial charge in [0.2, 0.25) is 0 Å². The lowest BCUT2D eigenvalue weighted by Gasteiger charge is -2.12. The quantitative estimate of drug-likeness (QED) is 0.220. The average Bonchev–Trinajstić information content (AvgIpc) is 3.63. The standard InChI is InChI=1S/C34H21N3S2/c1-19-35-25(30-24-14-6-9-17-28(24)39-34(30)36-19)18-37-26-15-7-4-12-22(26)31-32(37)21-11-3-2-10-20(21)29-23-13-5-8-16-27(23)38-33(29)31/h2-17H,18H2,1H3. The van der Waals surface area contributed by atoms with E-state index in [-0.39, 0.29) is 0 Å². The number of rotatable bonds is 2. The van der Waals surface area contributed by atoms with Crippen LogP contribution in [0, 0.1) is 6.92 Å². The van der Waals surface area contributed by atoms with E-state index in [1.165, 1.54) is 68.2 Å². The number of benzene rings is 5. The largest absolute Gasteiger partial charge is 0.334 e. The Kier molecular flexibility index (Phi) is 4.35. The molecule has 4 heterocycles. The SMILES string of the molecule is Cc1nc(Cn2c3ccccc3c3c4sc5ccccc5c4c4ccccc4c32)c2c(n1)sc1ccccc12. The fourth-order valence-corrected chi connectivity index (χ4v) is 8.87. The Hall–Kier alpha value is -4.32. The van der Waals surface area contributed by atoms with Gasteiger partial charge in [-0.25, -0.2) is 9.97 Å². The van der Waals surface area contributed by atoms with E-state index in [2.05, 4.69) is 102 Å². The van der Waals surface area contributed by atoms with Crippen molar-refractivity contribution in [2.75, 3.05) is 0 Å². The molecule has 0 N–H and O–H groups in total. The molecule has 4 aromatic heterocycles. The van der Waals surface area contributed by atoms with Crippen LogP contribution in [-0.2, 0) is 6.54 Å². The van der Waals surface area contributed by atoms with E-state index in [1.54, 1.807) is 11.3 Å². The summed E-state index contributed by atoms with van der Waals surface area (Å²) in [5.74, 6) is 0.821. The van der Waals surface area contributed by atoms with Crippen molar-refractivity contribution in [2.45, 2.75) is 13.5 Å². The molecule has 39 heavy (non-hydrogen) atoms. The van der Waals surface area contributed by atoms with Gasteiger partial charge in [-0.3, -0.25) is 0 Å². The zero-order valence-electron chi connectivity index (χ0n) is 21.1. The fourth-order valence-electron chi connectivity index (χ4n) is 6.45. The highest BCUT2D eigenvalue weighted by molar-refractivity contribution is 7.27. The van der Waals surface area contributed by atoms with Crippen LogP contribution in [0.25, 0.3) is 73.1 Å². The third-order valence-corrected chi connectivity index (χ3v) is 10.2. The van der Waals surface area contributed by atoms with E-state index < -0.39 is 0 Å². The number of hydrogen-bond donors (Lipinski definition) is 0. The highest BCUT2D eigenvalue weighted by Crippen LogP contribution is 2.47. The van der Waals surface area contributed by atoms with Crippen LogP contribution in [0.5, 0.6) is 0 Å². The minimum atomic E-state index is 0.686. The van der Waals surface area contributed by atoms with Crippen LogP contribution < -0.4 is 0 Å². The molecular formula is C34H21N3S2. The molecule has 0 saturated heterocycles. The predicted molar refractivity (Wildman–Crippen MR) is 169 cm³/mol. The number of hydrogen-bond acceptors (Lipinski definition) is 4. The van der Waals surface area contributed by atoms with Gasteiger partial charge < -0.3 is 4.57 Å². The van der Waals surface area contributed by atoms with Crippen molar-refractivity contribution in [3.8, 4) is 0 Å². The Balaban J connectivity index is 1.47. The van der Waals surface area contributed by atoms with Gasteiger partial charge in [0.05, 0.1) is 17.8 Å². The number of aromatic nitrogens is 3. The van der Waals surface area contributed by atoms with E-state index in [0.29, 0.717) is 6.54 Å². The smallest absolute Gasteiger partial charge is 0.128 e. The van der Waals surface area contributed by atoms with Crippen molar-refractivity contribution in [3.05, 3.63) is 109 Å². The van der Waals surface area contributed by atoms with Crippen LogP contribution >= 0.6 is 22.7 Å². The molecule has 9 rings (SSSR count). The summed E-state index contributed by atoms with van der Waals surface area (Å²) in [6.07, 6.45) is 0. The van der Waals surface area contributed by atoms with Crippen LogP contribution in [-0.4, -0.2) is 14.5 Å². The number of aryl methyl sites for hydroxylation is 1. The summed E-state index contributed by atoms with van der Waals surface area (Å²) in [6, 6.07) is 35.2. The highest BCUT2D eigenvalue weighted by atomic mass is 32.1. The van der Waals surface area contributed by atoms with Crippen LogP contribution in [0.15, 0.2) is 97.1 Å². The summed E-state index contributed by atoms with van der Waals surface area (Å²) in [5.41, 5.74) is 3.61. The topological polar surface area (TPSA) is 30.7 Å².